The van der Waals surface area contributed by atoms with Gasteiger partial charge in [-0.2, -0.15) is 0 Å². The van der Waals surface area contributed by atoms with Gasteiger partial charge in [0.05, 0.1) is 12.9 Å². The van der Waals surface area contributed by atoms with Crippen LogP contribution < -0.4 is 9.46 Å². The van der Waals surface area contributed by atoms with Gasteiger partial charge in [0.15, 0.2) is 0 Å². The van der Waals surface area contributed by atoms with Gasteiger partial charge < -0.3 is 4.74 Å². The van der Waals surface area contributed by atoms with Crippen molar-refractivity contribution in [2.75, 3.05) is 19.4 Å². The first-order valence-corrected chi connectivity index (χ1v) is 10.2. The number of benzene rings is 1. The Labute approximate surface area is 141 Å². The molecule has 1 saturated carbocycles. The van der Waals surface area contributed by atoms with Crippen LogP contribution in [0.2, 0.25) is 0 Å². The maximum atomic E-state index is 12.2. The molecule has 0 aliphatic heterocycles. The first-order valence-electron chi connectivity index (χ1n) is 7.67. The molecule has 1 aromatic carbocycles. The van der Waals surface area contributed by atoms with E-state index in [-0.39, 0.29) is 11.2 Å². The van der Waals surface area contributed by atoms with Crippen LogP contribution in [0.25, 0.3) is 0 Å². The molecule has 2 aromatic rings. The number of nitrogens with one attached hydrogen (secondary N) is 1. The summed E-state index contributed by atoms with van der Waals surface area (Å²) in [4.78, 5) is 1.29. The van der Waals surface area contributed by atoms with Crippen molar-refractivity contribution in [3.63, 3.8) is 0 Å². The van der Waals surface area contributed by atoms with Crippen molar-refractivity contribution in [1.82, 2.24) is 4.72 Å². The Hall–Kier alpha value is -1.37. The van der Waals surface area contributed by atoms with Gasteiger partial charge >= 0.3 is 0 Å². The molecule has 0 radical (unpaired) electrons. The summed E-state index contributed by atoms with van der Waals surface area (Å²) in [6.45, 7) is 0.512. The van der Waals surface area contributed by atoms with E-state index in [1.807, 2.05) is 35.7 Å². The summed E-state index contributed by atoms with van der Waals surface area (Å²) in [6.07, 6.45) is 2.63. The van der Waals surface area contributed by atoms with E-state index in [0.29, 0.717) is 13.0 Å². The van der Waals surface area contributed by atoms with Crippen LogP contribution in [-0.4, -0.2) is 27.8 Å². The van der Waals surface area contributed by atoms with Crippen molar-refractivity contribution in [2.45, 2.75) is 24.7 Å². The third-order valence-corrected chi connectivity index (χ3v) is 6.79. The van der Waals surface area contributed by atoms with E-state index < -0.39 is 10.0 Å². The van der Waals surface area contributed by atoms with Crippen LogP contribution in [0.4, 0.5) is 0 Å². The van der Waals surface area contributed by atoms with E-state index in [9.17, 15) is 8.42 Å². The van der Waals surface area contributed by atoms with Crippen LogP contribution in [-0.2, 0) is 21.9 Å². The summed E-state index contributed by atoms with van der Waals surface area (Å²) >= 11 is 1.71. The van der Waals surface area contributed by atoms with Crippen molar-refractivity contribution in [1.29, 1.82) is 0 Å². The molecule has 0 atom stereocenters. The lowest BCUT2D eigenvalue weighted by molar-refractivity contribution is 0.414. The summed E-state index contributed by atoms with van der Waals surface area (Å²) in [5.74, 6) is 0.890. The molecule has 0 unspecified atom stereocenters. The van der Waals surface area contributed by atoms with Gasteiger partial charge in [0.25, 0.3) is 0 Å². The van der Waals surface area contributed by atoms with Gasteiger partial charge in [-0.3, -0.25) is 0 Å². The third-order valence-electron chi connectivity index (χ3n) is 4.35. The van der Waals surface area contributed by atoms with Crippen molar-refractivity contribution >= 4 is 21.4 Å². The standard InChI is InChI=1S/C17H21NO3S2/c1-21-15-6-4-14(5-7-15)8-12-23(19,20)18-13-17(9-10-17)16-3-2-11-22-16/h2-7,11,18H,8-10,12-13H2,1H3. The molecule has 0 amide bonds. The van der Waals surface area contributed by atoms with E-state index in [4.69, 9.17) is 4.74 Å². The number of hydrogen-bond acceptors (Lipinski definition) is 4. The summed E-state index contributed by atoms with van der Waals surface area (Å²) in [5, 5.41) is 2.05. The molecule has 23 heavy (non-hydrogen) atoms. The number of ether oxygens (including phenoxy) is 1. The second-order valence-electron chi connectivity index (χ2n) is 6.00. The summed E-state index contributed by atoms with van der Waals surface area (Å²) in [6, 6.07) is 11.6. The van der Waals surface area contributed by atoms with Gasteiger partial charge in [0.2, 0.25) is 10.0 Å². The lowest BCUT2D eigenvalue weighted by Gasteiger charge is -2.14. The minimum absolute atomic E-state index is 0.0430. The number of sulfonamides is 1. The molecule has 1 aromatic heterocycles. The SMILES string of the molecule is COc1ccc(CCS(=O)(=O)NCC2(c3cccs3)CC2)cc1. The molecular formula is C17H21NO3S2. The molecule has 124 valence electrons. The molecule has 1 aliphatic rings. The van der Waals surface area contributed by atoms with E-state index in [1.165, 1.54) is 4.88 Å². The maximum absolute atomic E-state index is 12.2. The van der Waals surface area contributed by atoms with Gasteiger partial charge in [-0.25, -0.2) is 13.1 Å². The third kappa shape index (κ3) is 4.13. The highest BCUT2D eigenvalue weighted by molar-refractivity contribution is 7.89. The summed E-state index contributed by atoms with van der Waals surface area (Å²) in [7, 11) is -1.64. The lowest BCUT2D eigenvalue weighted by atomic mass is 10.1. The smallest absolute Gasteiger partial charge is 0.211 e. The van der Waals surface area contributed by atoms with E-state index >= 15 is 0 Å². The molecule has 4 nitrogen and oxygen atoms in total. The Bertz CT molecular complexity index is 733. The monoisotopic (exact) mass is 351 g/mol. The van der Waals surface area contributed by atoms with Crippen LogP contribution >= 0.6 is 11.3 Å². The van der Waals surface area contributed by atoms with Crippen LogP contribution in [0.5, 0.6) is 5.75 Å². The van der Waals surface area contributed by atoms with E-state index in [2.05, 4.69) is 10.8 Å². The van der Waals surface area contributed by atoms with Crippen LogP contribution in [0.1, 0.15) is 23.3 Å². The van der Waals surface area contributed by atoms with Crippen molar-refractivity contribution in [3.05, 3.63) is 52.2 Å². The minimum atomic E-state index is -3.26. The van der Waals surface area contributed by atoms with Crippen LogP contribution in [0.15, 0.2) is 41.8 Å². The number of hydrogen-bond donors (Lipinski definition) is 1. The highest BCUT2D eigenvalue weighted by atomic mass is 32.2. The quantitative estimate of drug-likeness (QED) is 0.795. The topological polar surface area (TPSA) is 55.4 Å². The molecular weight excluding hydrogens is 330 g/mol. The first-order chi connectivity index (χ1) is 11.0. The largest absolute Gasteiger partial charge is 0.497 e. The Morgan fingerprint density at radius 1 is 1.22 bits per heavy atom. The number of methoxy groups -OCH3 is 1. The Kier molecular flexibility index (Phi) is 4.75. The minimum Gasteiger partial charge on any atom is -0.497 e. The average Bonchev–Trinajstić information content (AvgIpc) is 3.15. The maximum Gasteiger partial charge on any atom is 0.211 e. The zero-order valence-corrected chi connectivity index (χ0v) is 14.8. The molecule has 1 heterocycles. The second-order valence-corrected chi connectivity index (χ2v) is 8.87. The van der Waals surface area contributed by atoms with Crippen molar-refractivity contribution < 1.29 is 13.2 Å². The Balaban J connectivity index is 1.53. The Morgan fingerprint density at radius 3 is 2.52 bits per heavy atom. The van der Waals surface area contributed by atoms with Gasteiger partial charge in [0.1, 0.15) is 5.75 Å². The molecule has 0 bridgehead atoms. The highest BCUT2D eigenvalue weighted by Crippen LogP contribution is 2.49. The predicted octanol–water partition coefficient (Wildman–Crippen LogP) is 2.95. The van der Waals surface area contributed by atoms with Gasteiger partial charge in [0, 0.05) is 16.8 Å². The Morgan fingerprint density at radius 2 is 1.96 bits per heavy atom. The average molecular weight is 351 g/mol. The molecule has 3 rings (SSSR count). The van der Waals surface area contributed by atoms with Crippen LogP contribution in [0.3, 0.4) is 0 Å². The summed E-state index contributed by atoms with van der Waals surface area (Å²) < 4.78 is 32.4. The molecule has 1 aliphatic carbocycles. The molecule has 1 N–H and O–H groups in total. The fourth-order valence-electron chi connectivity index (χ4n) is 2.61. The molecule has 0 saturated heterocycles. The van der Waals surface area contributed by atoms with Gasteiger partial charge in [-0.15, -0.1) is 11.3 Å². The van der Waals surface area contributed by atoms with Gasteiger partial charge in [-0.05, 0) is 48.4 Å². The normalized spacial score (nSPS) is 16.2. The fourth-order valence-corrected chi connectivity index (χ4v) is 4.74. The van der Waals surface area contributed by atoms with E-state index in [0.717, 1.165) is 24.2 Å². The van der Waals surface area contributed by atoms with Gasteiger partial charge in [-0.1, -0.05) is 18.2 Å². The lowest BCUT2D eigenvalue weighted by Crippen LogP contribution is -2.34. The summed E-state index contributed by atoms with van der Waals surface area (Å²) in [5.41, 5.74) is 1.04. The highest BCUT2D eigenvalue weighted by Gasteiger charge is 2.45. The molecule has 6 heteroatoms. The van der Waals surface area contributed by atoms with Crippen molar-refractivity contribution in [3.8, 4) is 5.75 Å². The number of aryl methyl sites for hydroxylation is 1. The fraction of sp³-hybridized carbons (Fsp3) is 0.412. The molecule has 1 fully saturated rings. The number of thiophene rings is 1. The zero-order chi connectivity index (χ0) is 16.3. The van der Waals surface area contributed by atoms with Crippen LogP contribution in [0, 0.1) is 0 Å². The second kappa shape index (κ2) is 6.63. The van der Waals surface area contributed by atoms with E-state index in [1.54, 1.807) is 18.4 Å². The first kappa shape index (κ1) is 16.5. The van der Waals surface area contributed by atoms with Crippen molar-refractivity contribution in [2.24, 2.45) is 0 Å². The number of rotatable bonds is 8. The predicted molar refractivity (Wildman–Crippen MR) is 93.7 cm³/mol. The molecule has 0 spiro atoms. The zero-order valence-electron chi connectivity index (χ0n) is 13.1.